The molecule has 0 amide bonds. The lowest BCUT2D eigenvalue weighted by molar-refractivity contribution is 0.0513. The fourth-order valence-electron chi connectivity index (χ4n) is 2.00. The molecule has 0 spiro atoms. The van der Waals surface area contributed by atoms with Gasteiger partial charge in [-0.05, 0) is 43.0 Å². The van der Waals surface area contributed by atoms with Crippen molar-refractivity contribution < 1.29 is 13.9 Å². The number of nitrogens with zero attached hydrogens (tertiary/aromatic N) is 1. The van der Waals surface area contributed by atoms with Crippen LogP contribution < -0.4 is 0 Å². The van der Waals surface area contributed by atoms with Crippen molar-refractivity contribution >= 4 is 17.7 Å². The van der Waals surface area contributed by atoms with Crippen LogP contribution in [0.15, 0.2) is 75.1 Å². The summed E-state index contributed by atoms with van der Waals surface area (Å²) in [6, 6.07) is 19.2. The van der Waals surface area contributed by atoms with Gasteiger partial charge in [0, 0.05) is 10.5 Å². The average Bonchev–Trinajstić information content (AvgIpc) is 3.01. The van der Waals surface area contributed by atoms with E-state index in [0.717, 1.165) is 10.5 Å². The molecule has 1 heterocycles. The van der Waals surface area contributed by atoms with E-state index in [1.165, 1.54) is 11.8 Å². The van der Waals surface area contributed by atoms with E-state index < -0.39 is 5.97 Å². The van der Waals surface area contributed by atoms with E-state index in [9.17, 15) is 4.79 Å². The Kier molecular flexibility index (Phi) is 4.78. The first-order chi connectivity index (χ1) is 11.3. The number of hydrogen-bond donors (Lipinski definition) is 0. The summed E-state index contributed by atoms with van der Waals surface area (Å²) in [6.07, 6.45) is 0. The Labute approximate surface area is 138 Å². The highest BCUT2D eigenvalue weighted by Crippen LogP contribution is 2.34. The van der Waals surface area contributed by atoms with Gasteiger partial charge in [-0.3, -0.25) is 0 Å². The molecule has 0 atom stereocenters. The topological polar surface area (TPSA) is 52.3 Å². The molecule has 0 saturated carbocycles. The smallest absolute Gasteiger partial charge is 0.361 e. The van der Waals surface area contributed by atoms with E-state index in [-0.39, 0.29) is 5.69 Å². The number of carbonyl (C=O) groups is 1. The average molecular weight is 325 g/mol. The van der Waals surface area contributed by atoms with Crippen LogP contribution in [0.25, 0.3) is 11.5 Å². The number of carbonyl (C=O) groups excluding carboxylic acids is 1. The maximum absolute atomic E-state index is 12.1. The lowest BCUT2D eigenvalue weighted by atomic mass is 10.2. The van der Waals surface area contributed by atoms with E-state index in [4.69, 9.17) is 9.15 Å². The van der Waals surface area contributed by atoms with Crippen LogP contribution in [0.3, 0.4) is 0 Å². The van der Waals surface area contributed by atoms with Crippen LogP contribution in [0.4, 0.5) is 0 Å². The molecule has 3 rings (SSSR count). The molecule has 0 aliphatic rings. The molecular weight excluding hydrogens is 310 g/mol. The number of benzene rings is 2. The zero-order chi connectivity index (χ0) is 16.1. The second-order valence-electron chi connectivity index (χ2n) is 4.66. The van der Waals surface area contributed by atoms with Crippen LogP contribution in [-0.2, 0) is 4.74 Å². The molecule has 0 unspecified atom stereocenters. The van der Waals surface area contributed by atoms with Gasteiger partial charge in [0.2, 0.25) is 16.7 Å². The van der Waals surface area contributed by atoms with E-state index in [1.807, 2.05) is 60.7 Å². The molecule has 2 aromatic carbocycles. The molecule has 0 saturated heterocycles. The van der Waals surface area contributed by atoms with Crippen molar-refractivity contribution in [3.63, 3.8) is 0 Å². The first-order valence-corrected chi connectivity index (χ1v) is 8.06. The summed E-state index contributed by atoms with van der Waals surface area (Å²) < 4.78 is 10.9. The standard InChI is InChI=1S/C18H15NO3S/c1-2-21-17(20)15-18(23-14-11-7-4-8-12-14)22-16(19-15)13-9-5-3-6-10-13/h3-12H,2H2,1H3. The third-order valence-corrected chi connectivity index (χ3v) is 4.01. The van der Waals surface area contributed by atoms with E-state index in [0.29, 0.717) is 17.6 Å². The largest absolute Gasteiger partial charge is 0.461 e. The zero-order valence-corrected chi connectivity index (χ0v) is 13.4. The van der Waals surface area contributed by atoms with Gasteiger partial charge in [-0.1, -0.05) is 36.4 Å². The quantitative estimate of drug-likeness (QED) is 0.638. The Morgan fingerprint density at radius 2 is 1.74 bits per heavy atom. The summed E-state index contributed by atoms with van der Waals surface area (Å²) >= 11 is 1.35. The molecule has 0 radical (unpaired) electrons. The molecule has 4 nitrogen and oxygen atoms in total. The summed E-state index contributed by atoms with van der Waals surface area (Å²) in [5.41, 5.74) is 1.03. The second-order valence-corrected chi connectivity index (χ2v) is 5.70. The highest BCUT2D eigenvalue weighted by Gasteiger charge is 2.22. The highest BCUT2D eigenvalue weighted by molar-refractivity contribution is 7.99. The molecule has 5 heteroatoms. The zero-order valence-electron chi connectivity index (χ0n) is 12.6. The lowest BCUT2D eigenvalue weighted by Crippen LogP contribution is -2.06. The van der Waals surface area contributed by atoms with E-state index in [1.54, 1.807) is 6.92 Å². The van der Waals surface area contributed by atoms with Gasteiger partial charge < -0.3 is 9.15 Å². The summed E-state index contributed by atoms with van der Waals surface area (Å²) in [5, 5.41) is 0.438. The normalized spacial score (nSPS) is 10.5. The highest BCUT2D eigenvalue weighted by atomic mass is 32.2. The number of aromatic nitrogens is 1. The summed E-state index contributed by atoms with van der Waals surface area (Å²) in [6.45, 7) is 2.06. The molecule has 0 fully saturated rings. The maximum atomic E-state index is 12.1. The van der Waals surface area contributed by atoms with Gasteiger partial charge >= 0.3 is 5.97 Å². The van der Waals surface area contributed by atoms with Gasteiger partial charge in [0.25, 0.3) is 0 Å². The van der Waals surface area contributed by atoms with Gasteiger partial charge in [-0.15, -0.1) is 0 Å². The monoisotopic (exact) mass is 325 g/mol. The molecule has 0 bridgehead atoms. The molecule has 1 aromatic heterocycles. The SMILES string of the molecule is CCOC(=O)c1nc(-c2ccccc2)oc1Sc1ccccc1. The first-order valence-electron chi connectivity index (χ1n) is 7.24. The van der Waals surface area contributed by atoms with Crippen molar-refractivity contribution in [2.45, 2.75) is 16.9 Å². The molecule has 0 aliphatic heterocycles. The Morgan fingerprint density at radius 1 is 1.09 bits per heavy atom. The van der Waals surface area contributed by atoms with Gasteiger partial charge in [-0.25, -0.2) is 9.78 Å². The van der Waals surface area contributed by atoms with Crippen molar-refractivity contribution in [2.24, 2.45) is 0 Å². The van der Waals surface area contributed by atoms with E-state index in [2.05, 4.69) is 4.98 Å². The predicted octanol–water partition coefficient (Wildman–Crippen LogP) is 4.67. The van der Waals surface area contributed by atoms with Crippen molar-refractivity contribution in [1.82, 2.24) is 4.98 Å². The third-order valence-electron chi connectivity index (χ3n) is 3.04. The van der Waals surface area contributed by atoms with Crippen LogP contribution in [0, 0.1) is 0 Å². The van der Waals surface area contributed by atoms with Crippen LogP contribution in [-0.4, -0.2) is 17.6 Å². The van der Waals surface area contributed by atoms with E-state index >= 15 is 0 Å². The minimum atomic E-state index is -0.475. The number of ether oxygens (including phenoxy) is 1. The second kappa shape index (κ2) is 7.15. The van der Waals surface area contributed by atoms with Crippen LogP contribution in [0.2, 0.25) is 0 Å². The van der Waals surface area contributed by atoms with Crippen LogP contribution in [0.5, 0.6) is 0 Å². The number of rotatable bonds is 5. The van der Waals surface area contributed by atoms with Crippen molar-refractivity contribution in [1.29, 1.82) is 0 Å². The van der Waals surface area contributed by atoms with Crippen LogP contribution in [0.1, 0.15) is 17.4 Å². The fraction of sp³-hybridized carbons (Fsp3) is 0.111. The number of hydrogen-bond acceptors (Lipinski definition) is 5. The van der Waals surface area contributed by atoms with Gasteiger partial charge in [0.15, 0.2) is 0 Å². The predicted molar refractivity (Wildman–Crippen MR) is 88.5 cm³/mol. The Morgan fingerprint density at radius 3 is 2.39 bits per heavy atom. The molecule has 0 N–H and O–H groups in total. The number of oxazole rings is 1. The fourth-order valence-corrected chi connectivity index (χ4v) is 2.86. The van der Waals surface area contributed by atoms with Crippen molar-refractivity contribution in [3.05, 3.63) is 66.4 Å². The minimum absolute atomic E-state index is 0.208. The molecular formula is C18H15NO3S. The Balaban J connectivity index is 1.98. The Hall–Kier alpha value is -2.53. The third kappa shape index (κ3) is 3.63. The molecule has 23 heavy (non-hydrogen) atoms. The van der Waals surface area contributed by atoms with Crippen molar-refractivity contribution in [3.8, 4) is 11.5 Å². The lowest BCUT2D eigenvalue weighted by Gasteiger charge is -2.00. The maximum Gasteiger partial charge on any atom is 0.361 e. The molecule has 0 aliphatic carbocycles. The van der Waals surface area contributed by atoms with Gasteiger partial charge in [-0.2, -0.15) is 0 Å². The summed E-state index contributed by atoms with van der Waals surface area (Å²) in [5.74, 6) is -0.0658. The molecule has 3 aromatic rings. The van der Waals surface area contributed by atoms with Gasteiger partial charge in [0.05, 0.1) is 6.61 Å². The minimum Gasteiger partial charge on any atom is -0.461 e. The Bertz CT molecular complexity index is 785. The van der Waals surface area contributed by atoms with Crippen LogP contribution >= 0.6 is 11.8 Å². The summed E-state index contributed by atoms with van der Waals surface area (Å²) in [4.78, 5) is 17.4. The first kappa shape index (κ1) is 15.4. The van der Waals surface area contributed by atoms with Crippen molar-refractivity contribution in [2.75, 3.05) is 6.61 Å². The summed E-state index contributed by atoms with van der Waals surface area (Å²) in [7, 11) is 0. The van der Waals surface area contributed by atoms with Gasteiger partial charge in [0.1, 0.15) is 0 Å². The molecule has 116 valence electrons. The number of esters is 1.